The van der Waals surface area contributed by atoms with Gasteiger partial charge in [-0.15, -0.1) is 0 Å². The minimum atomic E-state index is -3.67. The van der Waals surface area contributed by atoms with Gasteiger partial charge in [-0.1, -0.05) is 0 Å². The maximum atomic E-state index is 11.8. The summed E-state index contributed by atoms with van der Waals surface area (Å²) in [5.41, 5.74) is 5.25. The molecule has 100 valence electrons. The van der Waals surface area contributed by atoms with Crippen molar-refractivity contribution in [3.05, 3.63) is 0 Å². The van der Waals surface area contributed by atoms with E-state index in [2.05, 4.69) is 5.32 Å². The van der Waals surface area contributed by atoms with Gasteiger partial charge in [0.25, 0.3) is 0 Å². The molecule has 0 radical (unpaired) electrons. The summed E-state index contributed by atoms with van der Waals surface area (Å²) >= 11 is 0. The molecule has 0 aromatic rings. The van der Waals surface area contributed by atoms with Gasteiger partial charge in [0.05, 0.1) is 5.25 Å². The quantitative estimate of drug-likeness (QED) is 0.588. The Bertz CT molecular complexity index is 380. The lowest BCUT2D eigenvalue weighted by Gasteiger charge is -2.16. The molecule has 4 N–H and O–H groups in total. The summed E-state index contributed by atoms with van der Waals surface area (Å²) in [5, 5.41) is 2.17. The lowest BCUT2D eigenvalue weighted by molar-refractivity contribution is -0.119. The molecule has 7 nitrogen and oxygen atoms in total. The first-order valence-corrected chi connectivity index (χ1v) is 6.89. The lowest BCUT2D eigenvalue weighted by Crippen LogP contribution is -2.48. The topological polar surface area (TPSA) is 118 Å². The molecule has 0 spiro atoms. The van der Waals surface area contributed by atoms with E-state index in [9.17, 15) is 18.0 Å². The van der Waals surface area contributed by atoms with Crippen LogP contribution in [0.4, 0.5) is 4.79 Å². The van der Waals surface area contributed by atoms with Crippen LogP contribution in [-0.2, 0) is 14.6 Å². The van der Waals surface area contributed by atoms with Gasteiger partial charge in [-0.3, -0.25) is 10.1 Å². The molecule has 0 aromatic heterocycles. The number of hydrogen-bond donors (Lipinski definition) is 3. The maximum absolute atomic E-state index is 11.8. The minimum Gasteiger partial charge on any atom is -0.338 e. The Kier molecular flexibility index (Phi) is 6.11. The summed E-state index contributed by atoms with van der Waals surface area (Å²) in [6.45, 7) is 4.61. The van der Waals surface area contributed by atoms with Crippen molar-refractivity contribution in [3.8, 4) is 0 Å². The van der Waals surface area contributed by atoms with Crippen molar-refractivity contribution in [1.82, 2.24) is 10.6 Å². The van der Waals surface area contributed by atoms with E-state index in [-0.39, 0.29) is 6.54 Å². The van der Waals surface area contributed by atoms with Gasteiger partial charge in [0, 0.05) is 13.1 Å². The predicted molar refractivity (Wildman–Crippen MR) is 64.1 cm³/mol. The first-order valence-electron chi connectivity index (χ1n) is 5.28. The zero-order valence-corrected chi connectivity index (χ0v) is 11.0. The number of hydrogen-bond acceptors (Lipinski definition) is 5. The van der Waals surface area contributed by atoms with E-state index in [1.165, 1.54) is 13.8 Å². The van der Waals surface area contributed by atoms with Crippen LogP contribution in [0.1, 0.15) is 20.8 Å². The Hall–Kier alpha value is -1.15. The zero-order valence-electron chi connectivity index (χ0n) is 10.2. The van der Waals surface area contributed by atoms with E-state index in [1.54, 1.807) is 6.92 Å². The summed E-state index contributed by atoms with van der Waals surface area (Å²) in [4.78, 5) is 22.6. The number of rotatable bonds is 5. The normalized spacial score (nSPS) is 14.8. The predicted octanol–water partition coefficient (Wildman–Crippen LogP) is -1.02. The first-order chi connectivity index (χ1) is 7.77. The number of nitrogens with two attached hydrogens (primary N) is 1. The molecular formula is C9H19N3O4S. The van der Waals surface area contributed by atoms with Crippen LogP contribution in [0.3, 0.4) is 0 Å². The molecule has 0 fully saturated rings. The molecule has 2 unspecified atom stereocenters. The van der Waals surface area contributed by atoms with E-state index in [0.29, 0.717) is 6.54 Å². The molecule has 0 heterocycles. The lowest BCUT2D eigenvalue weighted by atomic mass is 10.4. The van der Waals surface area contributed by atoms with Crippen LogP contribution in [0, 0.1) is 0 Å². The van der Waals surface area contributed by atoms with Crippen molar-refractivity contribution < 1.29 is 18.0 Å². The number of sulfone groups is 1. The third kappa shape index (κ3) is 4.31. The average Bonchev–Trinajstić information content (AvgIpc) is 2.26. The van der Waals surface area contributed by atoms with Crippen molar-refractivity contribution in [3.63, 3.8) is 0 Å². The highest BCUT2D eigenvalue weighted by atomic mass is 32.2. The van der Waals surface area contributed by atoms with E-state index in [1.807, 2.05) is 5.32 Å². The second-order valence-corrected chi connectivity index (χ2v) is 6.32. The van der Waals surface area contributed by atoms with Crippen LogP contribution >= 0.6 is 0 Å². The van der Waals surface area contributed by atoms with Crippen molar-refractivity contribution in [1.29, 1.82) is 0 Å². The van der Waals surface area contributed by atoms with Gasteiger partial charge < -0.3 is 11.1 Å². The van der Waals surface area contributed by atoms with E-state index in [4.69, 9.17) is 5.73 Å². The van der Waals surface area contributed by atoms with E-state index < -0.39 is 32.3 Å². The van der Waals surface area contributed by atoms with Crippen LogP contribution < -0.4 is 16.4 Å². The standard InChI is InChI=1S/C9H19N3O4S/c1-4-11-9(14)12-8(13)7(3)17(15,16)6(2)5-10/h6-7H,4-5,10H2,1-3H3,(H2,11,12,13,14). The fourth-order valence-electron chi connectivity index (χ4n) is 1.05. The number of nitrogens with one attached hydrogen (secondary N) is 2. The molecule has 0 aliphatic heterocycles. The van der Waals surface area contributed by atoms with E-state index >= 15 is 0 Å². The van der Waals surface area contributed by atoms with Gasteiger partial charge in [0.15, 0.2) is 9.84 Å². The average molecular weight is 265 g/mol. The van der Waals surface area contributed by atoms with Gasteiger partial charge in [-0.2, -0.15) is 0 Å². The van der Waals surface area contributed by atoms with Crippen molar-refractivity contribution in [2.75, 3.05) is 13.1 Å². The van der Waals surface area contributed by atoms with Crippen LogP contribution in [0.15, 0.2) is 0 Å². The highest BCUT2D eigenvalue weighted by molar-refractivity contribution is 7.93. The smallest absolute Gasteiger partial charge is 0.321 e. The molecule has 0 aliphatic rings. The molecule has 0 saturated carbocycles. The Morgan fingerprint density at radius 2 is 1.82 bits per heavy atom. The van der Waals surface area contributed by atoms with Gasteiger partial charge >= 0.3 is 6.03 Å². The Labute approximate surface area is 101 Å². The second kappa shape index (κ2) is 6.55. The molecule has 0 rings (SSSR count). The highest BCUT2D eigenvalue weighted by Gasteiger charge is 2.32. The minimum absolute atomic E-state index is 0.0683. The summed E-state index contributed by atoms with van der Waals surface area (Å²) in [5.74, 6) is -0.851. The molecule has 0 aromatic carbocycles. The molecule has 0 bridgehead atoms. The van der Waals surface area contributed by atoms with Gasteiger partial charge in [0.2, 0.25) is 5.91 Å². The van der Waals surface area contributed by atoms with E-state index in [0.717, 1.165) is 0 Å². The summed E-state index contributed by atoms with van der Waals surface area (Å²) in [6, 6.07) is -0.708. The summed E-state index contributed by atoms with van der Waals surface area (Å²) in [7, 11) is -3.67. The fraction of sp³-hybridized carbons (Fsp3) is 0.778. The summed E-state index contributed by atoms with van der Waals surface area (Å²) < 4.78 is 23.5. The number of carbonyl (C=O) groups is 2. The fourth-order valence-corrected chi connectivity index (χ4v) is 2.37. The van der Waals surface area contributed by atoms with Crippen molar-refractivity contribution >= 4 is 21.8 Å². The Morgan fingerprint density at radius 1 is 1.29 bits per heavy atom. The molecule has 2 atom stereocenters. The Balaban J connectivity index is 4.66. The molecule has 0 aliphatic carbocycles. The highest BCUT2D eigenvalue weighted by Crippen LogP contribution is 2.08. The molecule has 17 heavy (non-hydrogen) atoms. The molecular weight excluding hydrogens is 246 g/mol. The van der Waals surface area contributed by atoms with Crippen LogP contribution in [0.5, 0.6) is 0 Å². The zero-order chi connectivity index (χ0) is 13.6. The molecule has 3 amide bonds. The first kappa shape index (κ1) is 15.9. The van der Waals surface area contributed by atoms with Gasteiger partial charge in [-0.25, -0.2) is 13.2 Å². The van der Waals surface area contributed by atoms with Crippen molar-refractivity contribution in [2.24, 2.45) is 5.73 Å². The summed E-state index contributed by atoms with van der Waals surface area (Å²) in [6.07, 6.45) is 0. The van der Waals surface area contributed by atoms with Crippen LogP contribution in [-0.4, -0.2) is 43.9 Å². The monoisotopic (exact) mass is 265 g/mol. The van der Waals surface area contributed by atoms with Crippen LogP contribution in [0.2, 0.25) is 0 Å². The number of imide groups is 1. The van der Waals surface area contributed by atoms with Gasteiger partial charge in [0.1, 0.15) is 5.25 Å². The SMILES string of the molecule is CCNC(=O)NC(=O)C(C)S(=O)(=O)C(C)CN. The van der Waals surface area contributed by atoms with Crippen LogP contribution in [0.25, 0.3) is 0 Å². The maximum Gasteiger partial charge on any atom is 0.321 e. The number of carbonyl (C=O) groups excluding carboxylic acids is 2. The third-order valence-electron chi connectivity index (χ3n) is 2.33. The number of urea groups is 1. The number of amides is 3. The van der Waals surface area contributed by atoms with Gasteiger partial charge in [-0.05, 0) is 20.8 Å². The van der Waals surface area contributed by atoms with Crippen molar-refractivity contribution in [2.45, 2.75) is 31.3 Å². The molecule has 0 saturated heterocycles. The third-order valence-corrected chi connectivity index (χ3v) is 4.84. The Morgan fingerprint density at radius 3 is 2.24 bits per heavy atom. The molecule has 8 heteroatoms. The second-order valence-electron chi connectivity index (χ2n) is 3.63. The largest absolute Gasteiger partial charge is 0.338 e.